The lowest BCUT2D eigenvalue weighted by Crippen LogP contribution is -2.55. The molecule has 0 spiro atoms. The third kappa shape index (κ3) is 5.78. The van der Waals surface area contributed by atoms with Crippen LogP contribution >= 0.6 is 0 Å². The lowest BCUT2D eigenvalue weighted by molar-refractivity contribution is 0.0154. The summed E-state index contributed by atoms with van der Waals surface area (Å²) >= 11 is 0. The molecule has 1 saturated heterocycles. The van der Waals surface area contributed by atoms with Crippen molar-refractivity contribution < 1.29 is 18.4 Å². The number of hydrazine groups is 1. The van der Waals surface area contributed by atoms with Crippen LogP contribution in [0.1, 0.15) is 53.2 Å². The zero-order valence-corrected chi connectivity index (χ0v) is 22.8. The second kappa shape index (κ2) is 8.45. The van der Waals surface area contributed by atoms with Crippen molar-refractivity contribution in [1.29, 1.82) is 0 Å². The zero-order chi connectivity index (χ0) is 23.1. The summed E-state index contributed by atoms with van der Waals surface area (Å²) in [7, 11) is -3.78. The van der Waals surface area contributed by atoms with Crippen LogP contribution in [0.3, 0.4) is 0 Å². The summed E-state index contributed by atoms with van der Waals surface area (Å²) in [5.41, 5.74) is 2.90. The number of amides is 1. The Morgan fingerprint density at radius 1 is 1.13 bits per heavy atom. The van der Waals surface area contributed by atoms with Crippen LogP contribution in [-0.4, -0.2) is 51.4 Å². The van der Waals surface area contributed by atoms with Crippen LogP contribution in [0.25, 0.3) is 0 Å². The van der Waals surface area contributed by atoms with E-state index in [-0.39, 0.29) is 28.8 Å². The second-order valence-corrected chi connectivity index (χ2v) is 22.1. The Bertz CT molecular complexity index is 715. The first-order chi connectivity index (χ1) is 13.4. The molecule has 8 heteroatoms. The summed E-state index contributed by atoms with van der Waals surface area (Å²) in [4.78, 5) is 13.1. The van der Waals surface area contributed by atoms with E-state index in [1.54, 1.807) is 11.3 Å². The van der Waals surface area contributed by atoms with E-state index >= 15 is 0 Å². The van der Waals surface area contributed by atoms with E-state index < -0.39 is 22.0 Å². The van der Waals surface area contributed by atoms with Crippen molar-refractivity contribution in [3.05, 3.63) is 24.2 Å². The van der Waals surface area contributed by atoms with E-state index in [0.717, 1.165) is 5.76 Å². The molecule has 3 atom stereocenters. The number of furan rings is 1. The van der Waals surface area contributed by atoms with Gasteiger partial charge in [0.2, 0.25) is 0 Å². The molecular weight excluding hydrogens is 412 g/mol. The van der Waals surface area contributed by atoms with Gasteiger partial charge in [0.15, 0.2) is 8.32 Å². The summed E-state index contributed by atoms with van der Waals surface area (Å²) < 4.78 is 18.2. The molecule has 2 rings (SSSR count). The molecule has 0 aromatic carbocycles. The standard InChI is InChI=1S/C22H42N2O4Si2/c1-21(2,3)28-20(25)24-19(29(7,8)9)18(17-13-12-14-26-17)16(23-24)15-27-30(10,11)22(4,5)6/h12-14,16,18-19,23H,15H2,1-11H3/t16-,18+,19+/m1/s1. The van der Waals surface area contributed by atoms with Gasteiger partial charge in [-0.1, -0.05) is 40.4 Å². The minimum absolute atomic E-state index is 0.00786. The molecule has 1 aromatic rings. The van der Waals surface area contributed by atoms with Gasteiger partial charge < -0.3 is 13.6 Å². The van der Waals surface area contributed by atoms with E-state index in [1.807, 2.05) is 32.9 Å². The molecule has 1 N–H and O–H groups in total. The molecule has 2 heterocycles. The van der Waals surface area contributed by atoms with Crippen LogP contribution in [0.15, 0.2) is 22.8 Å². The highest BCUT2D eigenvalue weighted by molar-refractivity contribution is 6.78. The van der Waals surface area contributed by atoms with Gasteiger partial charge in [0.1, 0.15) is 11.4 Å². The Labute approximate surface area is 184 Å². The maximum Gasteiger partial charge on any atom is 0.424 e. The molecule has 0 saturated carbocycles. The predicted molar refractivity (Wildman–Crippen MR) is 127 cm³/mol. The fourth-order valence-corrected chi connectivity index (χ4v) is 7.07. The van der Waals surface area contributed by atoms with Crippen LogP contribution < -0.4 is 5.43 Å². The van der Waals surface area contributed by atoms with Gasteiger partial charge in [-0.25, -0.2) is 15.2 Å². The Kier molecular flexibility index (Phi) is 7.08. The minimum Gasteiger partial charge on any atom is -0.469 e. The van der Waals surface area contributed by atoms with Gasteiger partial charge in [-0.3, -0.25) is 0 Å². The summed E-state index contributed by atoms with van der Waals surface area (Å²) in [6.07, 6.45) is 1.37. The third-order valence-corrected chi connectivity index (χ3v) is 13.0. The van der Waals surface area contributed by atoms with Crippen molar-refractivity contribution in [2.24, 2.45) is 0 Å². The average molecular weight is 455 g/mol. The number of hydrogen-bond acceptors (Lipinski definition) is 5. The summed E-state index contributed by atoms with van der Waals surface area (Å²) in [6, 6.07) is 3.87. The van der Waals surface area contributed by atoms with Gasteiger partial charge in [0, 0.05) is 0 Å². The molecule has 1 aliphatic rings. The van der Waals surface area contributed by atoms with E-state index in [9.17, 15) is 4.79 Å². The van der Waals surface area contributed by atoms with Gasteiger partial charge >= 0.3 is 6.09 Å². The van der Waals surface area contributed by atoms with Crippen LogP contribution in [0, 0.1) is 0 Å². The predicted octanol–water partition coefficient (Wildman–Crippen LogP) is 5.75. The normalized spacial score (nSPS) is 23.7. The molecule has 0 unspecified atom stereocenters. The minimum atomic E-state index is -1.94. The Morgan fingerprint density at radius 2 is 1.73 bits per heavy atom. The number of ether oxygens (including phenoxy) is 1. The monoisotopic (exact) mass is 454 g/mol. The number of nitrogens with one attached hydrogen (secondary N) is 1. The van der Waals surface area contributed by atoms with E-state index in [1.165, 1.54) is 0 Å². The van der Waals surface area contributed by atoms with Crippen molar-refractivity contribution >= 4 is 22.5 Å². The smallest absolute Gasteiger partial charge is 0.424 e. The molecule has 1 aliphatic heterocycles. The van der Waals surface area contributed by atoms with Gasteiger partial charge in [0.05, 0.1) is 38.6 Å². The van der Waals surface area contributed by atoms with Crippen molar-refractivity contribution in [2.75, 3.05) is 6.61 Å². The largest absolute Gasteiger partial charge is 0.469 e. The molecule has 172 valence electrons. The number of carbonyl (C=O) groups is 1. The van der Waals surface area contributed by atoms with Gasteiger partial charge in [-0.2, -0.15) is 0 Å². The Hall–Kier alpha value is -1.10. The van der Waals surface area contributed by atoms with Crippen molar-refractivity contribution in [2.45, 2.75) is 103 Å². The molecule has 1 aromatic heterocycles. The van der Waals surface area contributed by atoms with E-state index in [0.29, 0.717) is 6.61 Å². The lowest BCUT2D eigenvalue weighted by atomic mass is 9.99. The van der Waals surface area contributed by atoms with Gasteiger partial charge in [-0.15, -0.1) is 0 Å². The SMILES string of the molecule is CC(C)(C)OC(=O)N1N[C@H](CO[Si](C)(C)C(C)(C)C)[C@@H](c2ccco2)[C@@H]1[Si](C)(C)C. The van der Waals surface area contributed by atoms with Crippen molar-refractivity contribution in [1.82, 2.24) is 10.4 Å². The lowest BCUT2D eigenvalue weighted by Gasteiger charge is -2.37. The van der Waals surface area contributed by atoms with Crippen molar-refractivity contribution in [3.63, 3.8) is 0 Å². The first-order valence-corrected chi connectivity index (χ1v) is 17.4. The molecular formula is C22H42N2O4Si2. The fraction of sp³-hybridized carbons (Fsp3) is 0.773. The topological polar surface area (TPSA) is 63.9 Å². The number of hydrogen-bond donors (Lipinski definition) is 1. The summed E-state index contributed by atoms with van der Waals surface area (Å²) in [5, 5.41) is 1.85. The highest BCUT2D eigenvalue weighted by Crippen LogP contribution is 2.41. The molecule has 1 fully saturated rings. The number of nitrogens with zero attached hydrogens (tertiary/aromatic N) is 1. The molecule has 0 radical (unpaired) electrons. The summed E-state index contributed by atoms with van der Waals surface area (Å²) in [5.74, 6) is 0.911. The highest BCUT2D eigenvalue weighted by Gasteiger charge is 2.53. The van der Waals surface area contributed by atoms with Gasteiger partial charge in [0.25, 0.3) is 0 Å². The van der Waals surface area contributed by atoms with E-state index in [4.69, 9.17) is 13.6 Å². The maximum atomic E-state index is 13.1. The summed E-state index contributed by atoms with van der Waals surface area (Å²) in [6.45, 7) is 24.3. The zero-order valence-electron chi connectivity index (χ0n) is 20.8. The van der Waals surface area contributed by atoms with Crippen LogP contribution in [0.4, 0.5) is 4.79 Å². The quantitative estimate of drug-likeness (QED) is 0.573. The first-order valence-electron chi connectivity index (χ1n) is 10.9. The number of rotatable bonds is 5. The Balaban J connectivity index is 2.39. The number of carbonyl (C=O) groups excluding carboxylic acids is 1. The van der Waals surface area contributed by atoms with Crippen LogP contribution in [0.2, 0.25) is 37.8 Å². The van der Waals surface area contributed by atoms with Crippen LogP contribution in [0.5, 0.6) is 0 Å². The third-order valence-electron chi connectivity index (χ3n) is 6.14. The Morgan fingerprint density at radius 3 is 2.17 bits per heavy atom. The molecule has 0 aliphatic carbocycles. The maximum absolute atomic E-state index is 13.1. The molecule has 30 heavy (non-hydrogen) atoms. The van der Waals surface area contributed by atoms with Gasteiger partial charge in [-0.05, 0) is 51.0 Å². The highest BCUT2D eigenvalue weighted by atomic mass is 28.4. The van der Waals surface area contributed by atoms with Crippen molar-refractivity contribution in [3.8, 4) is 0 Å². The van der Waals surface area contributed by atoms with E-state index in [2.05, 4.69) is 58.9 Å². The molecule has 6 nitrogen and oxygen atoms in total. The fourth-order valence-electron chi connectivity index (χ4n) is 3.61. The first kappa shape index (κ1) is 25.2. The second-order valence-electron chi connectivity index (χ2n) is 12.0. The molecule has 0 bridgehead atoms. The van der Waals surface area contributed by atoms with Crippen LogP contribution in [-0.2, 0) is 9.16 Å². The molecule has 1 amide bonds. The average Bonchev–Trinajstić information content (AvgIpc) is 3.16.